The van der Waals surface area contributed by atoms with Gasteiger partial charge in [0.05, 0.1) is 0 Å². The second-order valence-corrected chi connectivity index (χ2v) is 0.354. The van der Waals surface area contributed by atoms with E-state index in [1.54, 1.807) is 0 Å². The minimum atomic E-state index is 0. The molecule has 0 bridgehead atoms. The molecule has 2 radical (unpaired) electrons. The summed E-state index contributed by atoms with van der Waals surface area (Å²) in [4.78, 5) is 0. The van der Waals surface area contributed by atoms with Gasteiger partial charge in [0.2, 0.25) is 0 Å². The van der Waals surface area contributed by atoms with Crippen molar-refractivity contribution in [3.05, 3.63) is 13.8 Å². The third kappa shape index (κ3) is 43.1. The molecule has 0 aromatic carbocycles. The van der Waals surface area contributed by atoms with Crippen molar-refractivity contribution in [3.8, 4) is 0 Å². The molecule has 0 aliphatic heterocycles. The Bertz CT molecular complexity index is 4.85. The predicted octanol–water partition coefficient (Wildman–Crippen LogP) is 1.04. The third-order valence-corrected chi connectivity index (χ3v) is 0. The van der Waals surface area contributed by atoms with Crippen LogP contribution in [0.15, 0.2) is 0 Å². The van der Waals surface area contributed by atoms with Crippen molar-refractivity contribution in [3.63, 3.8) is 0 Å². The van der Waals surface area contributed by atoms with Crippen LogP contribution in [-0.2, 0) is 34.1 Å². The molecule has 0 aromatic rings. The van der Waals surface area contributed by atoms with Crippen molar-refractivity contribution in [2.75, 3.05) is 0 Å². The number of hydrogen-bond acceptors (Lipinski definition) is 0. The molecular weight excluding hydrogens is 146 g/mol. The summed E-state index contributed by atoms with van der Waals surface area (Å²) < 4.78 is 0. The van der Waals surface area contributed by atoms with Gasteiger partial charge in [-0.15, -0.1) is 0 Å². The summed E-state index contributed by atoms with van der Waals surface area (Å²) in [5.74, 6) is 0. The Morgan fingerprint density at radius 3 is 1.00 bits per heavy atom. The van der Waals surface area contributed by atoms with E-state index in [1.165, 1.54) is 0 Å². The number of rotatable bonds is 0. The molecule has 0 aromatic heterocycles. The van der Waals surface area contributed by atoms with Crippen LogP contribution >= 0.6 is 0 Å². The van der Waals surface area contributed by atoms with Crippen molar-refractivity contribution < 1.29 is 34.1 Å². The Morgan fingerprint density at radius 1 is 1.00 bits per heavy atom. The Kier molecular flexibility index (Phi) is 65.7. The van der Waals surface area contributed by atoms with Crippen LogP contribution in [-0.4, -0.2) is 0 Å². The van der Waals surface area contributed by atoms with Gasteiger partial charge >= 0.3 is 0 Å². The van der Waals surface area contributed by atoms with E-state index >= 15 is 0 Å². The Labute approximate surface area is 54.7 Å². The largest absolute Gasteiger partial charge is 0.372 e. The minimum Gasteiger partial charge on any atom is -0.372 e. The molecule has 0 saturated heterocycles. The first-order valence-corrected chi connectivity index (χ1v) is 1.000. The average molecular weight is 152 g/mol. The summed E-state index contributed by atoms with van der Waals surface area (Å²) in [5, 5.41) is 0. The zero-order valence-electron chi connectivity index (χ0n) is 2.88. The maximum atomic E-state index is 3.38. The third-order valence-electron chi connectivity index (χ3n) is 0. The fourth-order valence-corrected chi connectivity index (χ4v) is 0. The number of hydrogen-bond donors (Lipinski definition) is 0. The molecule has 0 saturated carbocycles. The Hall–Kier alpha value is 1.04. The van der Waals surface area contributed by atoms with Crippen LogP contribution in [0.3, 0.4) is 0 Å². The maximum absolute atomic E-state index is 3.38. The first kappa shape index (κ1) is 16.6. The minimum absolute atomic E-state index is 0. The quantitative estimate of drug-likeness (QED) is 0.359. The molecule has 0 unspecified atom stereocenters. The maximum Gasteiger partial charge on any atom is 0 e. The summed E-state index contributed by atoms with van der Waals surface area (Å²) in [6.45, 7) is 6.75. The van der Waals surface area contributed by atoms with Crippen LogP contribution in [0.4, 0.5) is 0 Å². The van der Waals surface area contributed by atoms with Gasteiger partial charge < -0.3 is 20.3 Å². The molecular formula is C3H6Mn2-2. The normalized spacial score (nSPS) is 3.60. The zero-order valence-corrected chi connectivity index (χ0v) is 5.24. The summed E-state index contributed by atoms with van der Waals surface area (Å²) in [6, 6.07) is 0. The zero-order chi connectivity index (χ0) is 2.71. The molecule has 0 heterocycles. The molecule has 0 fully saturated rings. The van der Waals surface area contributed by atoms with E-state index in [2.05, 4.69) is 13.8 Å². The van der Waals surface area contributed by atoms with Crippen LogP contribution < -0.4 is 0 Å². The predicted molar refractivity (Wildman–Crippen MR) is 15.3 cm³/mol. The molecule has 0 nitrogen and oxygen atoms in total. The fraction of sp³-hybridized carbons (Fsp3) is 0.333. The summed E-state index contributed by atoms with van der Waals surface area (Å²) in [6.07, 6.45) is 0.750. The van der Waals surface area contributed by atoms with Gasteiger partial charge in [-0.2, -0.15) is 0 Å². The summed E-state index contributed by atoms with van der Waals surface area (Å²) in [7, 11) is 0. The molecule has 34 valence electrons. The van der Waals surface area contributed by atoms with Gasteiger partial charge in [-0.1, -0.05) is 0 Å². The van der Waals surface area contributed by atoms with Crippen molar-refractivity contribution in [1.29, 1.82) is 0 Å². The van der Waals surface area contributed by atoms with Crippen LogP contribution in [0.1, 0.15) is 6.42 Å². The molecule has 0 N–H and O–H groups in total. The van der Waals surface area contributed by atoms with Gasteiger partial charge in [-0.25, -0.2) is 0 Å². The first-order valence-electron chi connectivity index (χ1n) is 1.000. The second-order valence-electron chi connectivity index (χ2n) is 0.354. The van der Waals surface area contributed by atoms with Crippen molar-refractivity contribution in [1.82, 2.24) is 0 Å². The molecule has 0 amide bonds. The van der Waals surface area contributed by atoms with Crippen molar-refractivity contribution in [2.45, 2.75) is 6.42 Å². The molecule has 0 atom stereocenters. The van der Waals surface area contributed by atoms with E-state index in [-0.39, 0.29) is 34.1 Å². The average Bonchev–Trinajstić information content (AvgIpc) is 0.918. The van der Waals surface area contributed by atoms with E-state index in [1.807, 2.05) is 0 Å². The SMILES string of the molecule is [CH2-]C[CH2-].[Mn].[Mn]. The van der Waals surface area contributed by atoms with E-state index in [0.29, 0.717) is 0 Å². The van der Waals surface area contributed by atoms with E-state index in [4.69, 9.17) is 0 Å². The van der Waals surface area contributed by atoms with Crippen LogP contribution in [0.2, 0.25) is 0 Å². The fourth-order valence-electron chi connectivity index (χ4n) is 0. The van der Waals surface area contributed by atoms with Crippen LogP contribution in [0.25, 0.3) is 0 Å². The van der Waals surface area contributed by atoms with E-state index in [0.717, 1.165) is 6.42 Å². The Morgan fingerprint density at radius 2 is 1.00 bits per heavy atom. The molecule has 2 heteroatoms. The monoisotopic (exact) mass is 152 g/mol. The van der Waals surface area contributed by atoms with Gasteiger partial charge in [0.1, 0.15) is 0 Å². The topological polar surface area (TPSA) is 0 Å². The van der Waals surface area contributed by atoms with Gasteiger partial charge in [0.25, 0.3) is 0 Å². The molecule has 5 heavy (non-hydrogen) atoms. The molecule has 0 aliphatic carbocycles. The standard InChI is InChI=1S/C3H6.2Mn/c1-3-2;;/h1-3H2;;/q-2;;. The van der Waals surface area contributed by atoms with E-state index < -0.39 is 0 Å². The first-order chi connectivity index (χ1) is 1.41. The second kappa shape index (κ2) is 19.8. The van der Waals surface area contributed by atoms with Gasteiger partial charge in [0, 0.05) is 34.1 Å². The summed E-state index contributed by atoms with van der Waals surface area (Å²) >= 11 is 0. The van der Waals surface area contributed by atoms with Crippen molar-refractivity contribution in [2.24, 2.45) is 0 Å². The van der Waals surface area contributed by atoms with E-state index in [9.17, 15) is 0 Å². The van der Waals surface area contributed by atoms with Gasteiger partial charge in [-0.3, -0.25) is 0 Å². The smallest absolute Gasteiger partial charge is 0 e. The molecule has 0 rings (SSSR count). The van der Waals surface area contributed by atoms with Crippen LogP contribution in [0, 0.1) is 13.8 Å². The Balaban J connectivity index is -0.0000000200. The van der Waals surface area contributed by atoms with Crippen molar-refractivity contribution >= 4 is 0 Å². The van der Waals surface area contributed by atoms with Gasteiger partial charge in [0.15, 0.2) is 0 Å². The molecule has 0 aliphatic rings. The summed E-state index contributed by atoms with van der Waals surface area (Å²) in [5.41, 5.74) is 0. The van der Waals surface area contributed by atoms with Gasteiger partial charge in [-0.05, 0) is 0 Å². The van der Waals surface area contributed by atoms with Crippen LogP contribution in [0.5, 0.6) is 0 Å². The molecule has 0 spiro atoms.